The molecule has 1 N–H and O–H groups in total. The summed E-state index contributed by atoms with van der Waals surface area (Å²) in [5.74, 6) is 0.930. The molecule has 0 spiro atoms. The van der Waals surface area contributed by atoms with Gasteiger partial charge in [-0.3, -0.25) is 0 Å². The Bertz CT molecular complexity index is 415. The molecule has 1 fully saturated rings. The predicted molar refractivity (Wildman–Crippen MR) is 86.8 cm³/mol. The zero-order chi connectivity index (χ0) is 13.8. The Kier molecular flexibility index (Phi) is 5.28. The fourth-order valence-corrected chi connectivity index (χ4v) is 3.22. The molecule has 0 aliphatic heterocycles. The summed E-state index contributed by atoms with van der Waals surface area (Å²) >= 11 is 3.73. The van der Waals surface area contributed by atoms with Crippen LogP contribution < -0.4 is 10.2 Å². The van der Waals surface area contributed by atoms with Crippen LogP contribution in [0.25, 0.3) is 0 Å². The molecule has 0 amide bonds. The fraction of sp³-hybridized carbons (Fsp3) is 0.625. The van der Waals surface area contributed by atoms with Crippen molar-refractivity contribution in [1.82, 2.24) is 5.32 Å². The first-order valence-corrected chi connectivity index (χ1v) is 8.22. The molecule has 0 radical (unpaired) electrons. The molecule has 2 nitrogen and oxygen atoms in total. The molecule has 0 saturated heterocycles. The van der Waals surface area contributed by atoms with Gasteiger partial charge in [0.15, 0.2) is 0 Å². The highest BCUT2D eigenvalue weighted by molar-refractivity contribution is 9.10. The van der Waals surface area contributed by atoms with Crippen molar-refractivity contribution in [2.75, 3.05) is 24.5 Å². The van der Waals surface area contributed by atoms with Crippen LogP contribution in [0, 0.1) is 5.92 Å². The van der Waals surface area contributed by atoms with Gasteiger partial charge >= 0.3 is 0 Å². The van der Waals surface area contributed by atoms with Gasteiger partial charge in [0.2, 0.25) is 0 Å². The van der Waals surface area contributed by atoms with E-state index >= 15 is 0 Å². The number of benzene rings is 1. The second kappa shape index (κ2) is 6.76. The largest absolute Gasteiger partial charge is 0.372 e. The van der Waals surface area contributed by atoms with Crippen LogP contribution in [-0.4, -0.2) is 19.6 Å². The van der Waals surface area contributed by atoms with Crippen molar-refractivity contribution < 1.29 is 0 Å². The number of rotatable bonds is 7. The molecule has 106 valence electrons. The van der Waals surface area contributed by atoms with Gasteiger partial charge in [0.05, 0.1) is 0 Å². The summed E-state index contributed by atoms with van der Waals surface area (Å²) in [6.45, 7) is 9.90. The second-order valence-corrected chi connectivity index (χ2v) is 6.32. The Labute approximate surface area is 125 Å². The van der Waals surface area contributed by atoms with Crippen LogP contribution in [0.15, 0.2) is 22.7 Å². The monoisotopic (exact) mass is 324 g/mol. The molecule has 1 atom stereocenters. The maximum Gasteiger partial charge on any atom is 0.0377 e. The van der Waals surface area contributed by atoms with Crippen LogP contribution in [0.3, 0.4) is 0 Å². The van der Waals surface area contributed by atoms with Crippen molar-refractivity contribution in [2.24, 2.45) is 5.92 Å². The van der Waals surface area contributed by atoms with Gasteiger partial charge in [-0.15, -0.1) is 0 Å². The fourth-order valence-electron chi connectivity index (χ4n) is 2.51. The van der Waals surface area contributed by atoms with Gasteiger partial charge in [0.1, 0.15) is 0 Å². The van der Waals surface area contributed by atoms with E-state index in [1.165, 1.54) is 35.1 Å². The van der Waals surface area contributed by atoms with Gasteiger partial charge in [-0.05, 0) is 56.8 Å². The van der Waals surface area contributed by atoms with Crippen molar-refractivity contribution in [3.63, 3.8) is 0 Å². The molecule has 1 aliphatic rings. The van der Waals surface area contributed by atoms with E-state index in [0.717, 1.165) is 19.0 Å². The highest BCUT2D eigenvalue weighted by atomic mass is 79.9. The van der Waals surface area contributed by atoms with Crippen molar-refractivity contribution in [1.29, 1.82) is 0 Å². The number of nitrogens with one attached hydrogen (secondary N) is 1. The minimum atomic E-state index is 0.395. The lowest BCUT2D eigenvalue weighted by atomic mass is 10.1. The number of hydrogen-bond acceptors (Lipinski definition) is 2. The first kappa shape index (κ1) is 14.9. The van der Waals surface area contributed by atoms with E-state index in [9.17, 15) is 0 Å². The summed E-state index contributed by atoms with van der Waals surface area (Å²) in [5, 5.41) is 3.46. The van der Waals surface area contributed by atoms with E-state index in [1.807, 2.05) is 0 Å². The molecule has 0 bridgehead atoms. The first-order valence-electron chi connectivity index (χ1n) is 7.43. The molecular formula is C16H25BrN2. The number of halogens is 1. The molecule has 1 aromatic carbocycles. The van der Waals surface area contributed by atoms with Crippen molar-refractivity contribution in [3.05, 3.63) is 28.2 Å². The summed E-state index contributed by atoms with van der Waals surface area (Å²) in [6, 6.07) is 7.18. The summed E-state index contributed by atoms with van der Waals surface area (Å²) in [6.07, 6.45) is 2.82. The van der Waals surface area contributed by atoms with E-state index in [1.54, 1.807) is 0 Å². The Hall–Kier alpha value is -0.540. The summed E-state index contributed by atoms with van der Waals surface area (Å²) < 4.78 is 1.22. The van der Waals surface area contributed by atoms with E-state index in [0.29, 0.717) is 6.04 Å². The van der Waals surface area contributed by atoms with E-state index < -0.39 is 0 Å². The third-order valence-electron chi connectivity index (χ3n) is 3.88. The van der Waals surface area contributed by atoms with Gasteiger partial charge < -0.3 is 10.2 Å². The third kappa shape index (κ3) is 3.96. The summed E-state index contributed by atoms with van der Waals surface area (Å²) in [7, 11) is 0. The Morgan fingerprint density at radius 1 is 1.37 bits per heavy atom. The molecule has 1 saturated carbocycles. The smallest absolute Gasteiger partial charge is 0.0377 e. The molecule has 1 unspecified atom stereocenters. The van der Waals surface area contributed by atoms with Gasteiger partial charge in [-0.1, -0.05) is 28.9 Å². The zero-order valence-electron chi connectivity index (χ0n) is 12.2. The molecular weight excluding hydrogens is 300 g/mol. The van der Waals surface area contributed by atoms with Crippen LogP contribution in [0.5, 0.6) is 0 Å². The number of anilines is 1. The van der Waals surface area contributed by atoms with Crippen LogP contribution in [-0.2, 0) is 0 Å². The quantitative estimate of drug-likeness (QED) is 0.801. The van der Waals surface area contributed by atoms with E-state index in [-0.39, 0.29) is 0 Å². The first-order chi connectivity index (χ1) is 9.15. The van der Waals surface area contributed by atoms with Crippen LogP contribution in [0.2, 0.25) is 0 Å². The standard InChI is InChI=1S/C16H25BrN2/c1-4-18-12(3)15-9-8-14(10-16(15)17)19(5-2)11-13-6-7-13/h8-10,12-13,18H,4-7,11H2,1-3H3. The SMILES string of the molecule is CCNC(C)c1ccc(N(CC)CC2CC2)cc1Br. The van der Waals surface area contributed by atoms with Gasteiger partial charge in [0.25, 0.3) is 0 Å². The van der Waals surface area contributed by atoms with Crippen molar-refractivity contribution >= 4 is 21.6 Å². The lowest BCUT2D eigenvalue weighted by Gasteiger charge is -2.24. The molecule has 0 aromatic heterocycles. The molecule has 0 heterocycles. The minimum Gasteiger partial charge on any atom is -0.372 e. The topological polar surface area (TPSA) is 15.3 Å². The van der Waals surface area contributed by atoms with Gasteiger partial charge in [-0.25, -0.2) is 0 Å². The molecule has 2 rings (SSSR count). The average molecular weight is 325 g/mol. The third-order valence-corrected chi connectivity index (χ3v) is 4.57. The minimum absolute atomic E-state index is 0.395. The van der Waals surface area contributed by atoms with E-state index in [2.05, 4.69) is 65.1 Å². The maximum atomic E-state index is 3.73. The predicted octanol–water partition coefficient (Wildman–Crippen LogP) is 4.36. The normalized spacial score (nSPS) is 16.4. The van der Waals surface area contributed by atoms with Crippen LogP contribution in [0.4, 0.5) is 5.69 Å². The zero-order valence-corrected chi connectivity index (χ0v) is 13.8. The number of nitrogens with zero attached hydrogens (tertiary/aromatic N) is 1. The van der Waals surface area contributed by atoms with Crippen LogP contribution in [0.1, 0.15) is 45.2 Å². The molecule has 19 heavy (non-hydrogen) atoms. The van der Waals surface area contributed by atoms with Crippen LogP contribution >= 0.6 is 15.9 Å². The average Bonchev–Trinajstić information content (AvgIpc) is 3.20. The van der Waals surface area contributed by atoms with Gasteiger partial charge in [-0.2, -0.15) is 0 Å². The maximum absolute atomic E-state index is 3.73. The number of hydrogen-bond donors (Lipinski definition) is 1. The molecule has 1 aromatic rings. The molecule has 3 heteroatoms. The summed E-state index contributed by atoms with van der Waals surface area (Å²) in [5.41, 5.74) is 2.68. The Morgan fingerprint density at radius 2 is 2.11 bits per heavy atom. The second-order valence-electron chi connectivity index (χ2n) is 5.47. The molecule has 1 aliphatic carbocycles. The van der Waals surface area contributed by atoms with Gasteiger partial charge in [0, 0.05) is 29.3 Å². The lowest BCUT2D eigenvalue weighted by Crippen LogP contribution is -2.25. The Morgan fingerprint density at radius 3 is 2.63 bits per heavy atom. The van der Waals surface area contributed by atoms with Crippen molar-refractivity contribution in [3.8, 4) is 0 Å². The van der Waals surface area contributed by atoms with Crippen molar-refractivity contribution in [2.45, 2.75) is 39.7 Å². The lowest BCUT2D eigenvalue weighted by molar-refractivity contribution is 0.596. The van der Waals surface area contributed by atoms with E-state index in [4.69, 9.17) is 0 Å². The Balaban J connectivity index is 2.11. The highest BCUT2D eigenvalue weighted by Gasteiger charge is 2.24. The highest BCUT2D eigenvalue weighted by Crippen LogP contribution is 2.33. The summed E-state index contributed by atoms with van der Waals surface area (Å²) in [4.78, 5) is 2.49.